The lowest BCUT2D eigenvalue weighted by atomic mass is 9.42. The molecule has 0 unspecified atom stereocenters. The van der Waals surface area contributed by atoms with Gasteiger partial charge in [-0.25, -0.2) is 15.0 Å². The average Bonchev–Trinajstić information content (AvgIpc) is 3.38. The first-order chi connectivity index (χ1) is 22.4. The van der Waals surface area contributed by atoms with E-state index in [9.17, 15) is 0 Å². The first-order valence-corrected chi connectivity index (χ1v) is 17.3. The third-order valence-corrected chi connectivity index (χ3v) is 12.1. The molecule has 0 saturated heterocycles. The van der Waals surface area contributed by atoms with Crippen molar-refractivity contribution in [1.82, 2.24) is 15.0 Å². The zero-order valence-electron chi connectivity index (χ0n) is 26.9. The van der Waals surface area contributed by atoms with Gasteiger partial charge in [0.15, 0.2) is 11.6 Å². The van der Waals surface area contributed by atoms with E-state index in [1.807, 2.05) is 0 Å². The molecule has 6 aromatic rings. The molecule has 0 N–H and O–H groups in total. The van der Waals surface area contributed by atoms with E-state index in [4.69, 9.17) is 15.0 Å². The van der Waals surface area contributed by atoms with E-state index in [-0.39, 0.29) is 10.8 Å². The molecule has 5 aliphatic carbocycles. The second-order valence-corrected chi connectivity index (χ2v) is 15.7. The van der Waals surface area contributed by atoms with Crippen molar-refractivity contribution in [1.29, 1.82) is 0 Å². The normalized spacial score (nSPS) is 25.8. The fourth-order valence-corrected chi connectivity index (χ4v) is 10.5. The van der Waals surface area contributed by atoms with Gasteiger partial charge in [0.05, 0.1) is 0 Å². The molecule has 11 rings (SSSR count). The van der Waals surface area contributed by atoms with Gasteiger partial charge in [0.1, 0.15) is 5.82 Å². The van der Waals surface area contributed by atoms with Crippen LogP contribution in [0.2, 0.25) is 0 Å². The van der Waals surface area contributed by atoms with E-state index in [1.165, 1.54) is 75.9 Å². The maximum Gasteiger partial charge on any atom is 0.164 e. The van der Waals surface area contributed by atoms with Gasteiger partial charge in [-0.3, -0.25) is 0 Å². The molecule has 0 amide bonds. The number of aromatic nitrogens is 3. The monoisotopic (exact) mass is 597 g/mol. The Morgan fingerprint density at radius 1 is 0.565 bits per heavy atom. The predicted octanol–water partition coefficient (Wildman–Crippen LogP) is 10.5. The molecule has 0 aliphatic heterocycles. The van der Waals surface area contributed by atoms with Crippen molar-refractivity contribution in [2.24, 2.45) is 23.7 Å². The number of rotatable bonds is 3. The first kappa shape index (κ1) is 26.8. The van der Waals surface area contributed by atoms with Crippen molar-refractivity contribution < 1.29 is 0 Å². The lowest BCUT2D eigenvalue weighted by Gasteiger charge is -2.61. The van der Waals surface area contributed by atoms with E-state index < -0.39 is 0 Å². The van der Waals surface area contributed by atoms with Gasteiger partial charge in [-0.05, 0) is 106 Å². The van der Waals surface area contributed by atoms with Gasteiger partial charge in [0.2, 0.25) is 0 Å². The Labute approximate surface area is 271 Å². The molecule has 5 aliphatic rings. The molecule has 5 aromatic carbocycles. The summed E-state index contributed by atoms with van der Waals surface area (Å²) in [4.78, 5) is 15.9. The minimum Gasteiger partial charge on any atom is -0.212 e. The zero-order chi connectivity index (χ0) is 30.8. The summed E-state index contributed by atoms with van der Waals surface area (Å²) in [5, 5.41) is 5.68. The third kappa shape index (κ3) is 3.63. The van der Waals surface area contributed by atoms with Crippen LogP contribution in [0.25, 0.3) is 55.4 Å². The molecule has 46 heavy (non-hydrogen) atoms. The maximum atomic E-state index is 5.39. The van der Waals surface area contributed by atoms with Crippen molar-refractivity contribution in [3.8, 4) is 33.9 Å². The van der Waals surface area contributed by atoms with Crippen molar-refractivity contribution in [2.75, 3.05) is 0 Å². The quantitative estimate of drug-likeness (QED) is 0.191. The number of hydrogen-bond acceptors (Lipinski definition) is 3. The standard InChI is InChI=1S/C43H39N3/c1-42(2,3)41-45-39(31-13-7-12-30(24-31)27-9-5-4-6-10-27)44-40(46-41)34-18-17-29-16-15-28-11-8-14-35-36(28)37(29)38(34)43(35)32-20-25-19-26(22-32)23-33(43)21-25/h4-18,24-26,32-33H,19-23H2,1-3H3. The number of nitrogens with zero attached hydrogens (tertiary/aromatic N) is 3. The summed E-state index contributed by atoms with van der Waals surface area (Å²) < 4.78 is 0. The Hall–Kier alpha value is -4.37. The van der Waals surface area contributed by atoms with E-state index >= 15 is 0 Å². The summed E-state index contributed by atoms with van der Waals surface area (Å²) in [5.74, 6) is 5.58. The van der Waals surface area contributed by atoms with Crippen LogP contribution in [0.15, 0.2) is 97.1 Å². The summed E-state index contributed by atoms with van der Waals surface area (Å²) in [6, 6.07) is 35.8. The van der Waals surface area contributed by atoms with Crippen molar-refractivity contribution in [3.05, 3.63) is 114 Å². The van der Waals surface area contributed by atoms with Crippen LogP contribution in [0.4, 0.5) is 0 Å². The van der Waals surface area contributed by atoms with Crippen molar-refractivity contribution in [3.63, 3.8) is 0 Å². The first-order valence-electron chi connectivity index (χ1n) is 17.3. The van der Waals surface area contributed by atoms with Gasteiger partial charge in [-0.2, -0.15) is 0 Å². The van der Waals surface area contributed by atoms with Gasteiger partial charge < -0.3 is 0 Å². The number of benzene rings is 5. The van der Waals surface area contributed by atoms with Crippen LogP contribution in [0.1, 0.15) is 69.8 Å². The van der Waals surface area contributed by atoms with E-state index in [2.05, 4.69) is 118 Å². The van der Waals surface area contributed by atoms with Crippen LogP contribution in [0, 0.1) is 23.7 Å². The Kier molecular flexibility index (Phi) is 5.45. The highest BCUT2D eigenvalue weighted by atomic mass is 15.0. The summed E-state index contributed by atoms with van der Waals surface area (Å²) in [6.07, 6.45) is 6.87. The van der Waals surface area contributed by atoms with Crippen molar-refractivity contribution in [2.45, 2.75) is 63.7 Å². The second kappa shape index (κ2) is 9.35. The Morgan fingerprint density at radius 3 is 1.93 bits per heavy atom. The topological polar surface area (TPSA) is 38.7 Å². The van der Waals surface area contributed by atoms with Crippen molar-refractivity contribution >= 4 is 21.5 Å². The SMILES string of the molecule is CC(C)(C)c1nc(-c2cccc(-c3ccccc3)c2)nc(-c2ccc3ccc4cccc5c4c3c2C52C3CC4CC(C3)CC2C4)n1. The van der Waals surface area contributed by atoms with Crippen LogP contribution in [-0.4, -0.2) is 15.0 Å². The smallest absolute Gasteiger partial charge is 0.164 e. The summed E-state index contributed by atoms with van der Waals surface area (Å²) >= 11 is 0. The highest BCUT2D eigenvalue weighted by molar-refractivity contribution is 6.17. The van der Waals surface area contributed by atoms with Crippen LogP contribution < -0.4 is 0 Å². The van der Waals surface area contributed by atoms with Crippen LogP contribution in [0.3, 0.4) is 0 Å². The van der Waals surface area contributed by atoms with E-state index in [0.717, 1.165) is 34.9 Å². The van der Waals surface area contributed by atoms with Crippen LogP contribution in [0.5, 0.6) is 0 Å². The lowest BCUT2D eigenvalue weighted by molar-refractivity contribution is -0.0395. The molecule has 0 radical (unpaired) electrons. The zero-order valence-corrected chi connectivity index (χ0v) is 26.9. The summed E-state index contributed by atoms with van der Waals surface area (Å²) in [7, 11) is 0. The van der Waals surface area contributed by atoms with Gasteiger partial charge in [-0.15, -0.1) is 0 Å². The molecular formula is C43H39N3. The molecule has 4 fully saturated rings. The van der Waals surface area contributed by atoms with E-state index in [1.54, 1.807) is 5.56 Å². The molecule has 3 nitrogen and oxygen atoms in total. The highest BCUT2D eigenvalue weighted by Gasteiger charge is 2.61. The fourth-order valence-electron chi connectivity index (χ4n) is 10.5. The Balaban J connectivity index is 1.24. The minimum absolute atomic E-state index is 0.0351. The Bertz CT molecular complexity index is 2180. The Morgan fingerprint density at radius 2 is 1.20 bits per heavy atom. The maximum absolute atomic E-state index is 5.39. The molecule has 4 bridgehead atoms. The van der Waals surface area contributed by atoms with E-state index in [0.29, 0.717) is 11.8 Å². The molecular weight excluding hydrogens is 558 g/mol. The average molecular weight is 598 g/mol. The van der Waals surface area contributed by atoms with Gasteiger partial charge in [0, 0.05) is 22.0 Å². The molecule has 1 spiro atoms. The fraction of sp³-hybridized carbons (Fsp3) is 0.326. The van der Waals surface area contributed by atoms with Gasteiger partial charge in [-0.1, -0.05) is 112 Å². The molecule has 1 aromatic heterocycles. The molecule has 1 heterocycles. The second-order valence-electron chi connectivity index (χ2n) is 15.7. The molecule has 0 atom stereocenters. The number of hydrogen-bond donors (Lipinski definition) is 0. The molecule has 3 heteroatoms. The summed E-state index contributed by atoms with van der Waals surface area (Å²) in [5.41, 5.74) is 7.55. The minimum atomic E-state index is -0.225. The van der Waals surface area contributed by atoms with Gasteiger partial charge >= 0.3 is 0 Å². The van der Waals surface area contributed by atoms with Gasteiger partial charge in [0.25, 0.3) is 0 Å². The molecule has 226 valence electrons. The molecule has 4 saturated carbocycles. The third-order valence-electron chi connectivity index (χ3n) is 12.1. The van der Waals surface area contributed by atoms with Crippen LogP contribution in [-0.2, 0) is 10.8 Å². The van der Waals surface area contributed by atoms with Crippen LogP contribution >= 0.6 is 0 Å². The summed E-state index contributed by atoms with van der Waals surface area (Å²) in [6.45, 7) is 6.65. The largest absolute Gasteiger partial charge is 0.212 e. The predicted molar refractivity (Wildman–Crippen MR) is 188 cm³/mol. The lowest BCUT2D eigenvalue weighted by Crippen LogP contribution is -2.55. The highest BCUT2D eigenvalue weighted by Crippen LogP contribution is 2.70.